The minimum atomic E-state index is -3.39. The first-order valence-corrected chi connectivity index (χ1v) is 12.7. The van der Waals surface area contributed by atoms with E-state index in [2.05, 4.69) is 0 Å². The molecule has 1 heterocycles. The van der Waals surface area contributed by atoms with E-state index in [1.807, 2.05) is 6.07 Å². The quantitative estimate of drug-likeness (QED) is 0.321. The first-order chi connectivity index (χ1) is 16.3. The predicted octanol–water partition coefficient (Wildman–Crippen LogP) is 4.43. The van der Waals surface area contributed by atoms with Crippen LogP contribution in [0.2, 0.25) is 5.02 Å². The molecule has 2 N–H and O–H groups in total. The van der Waals surface area contributed by atoms with Crippen LogP contribution in [0.5, 0.6) is 5.75 Å². The van der Waals surface area contributed by atoms with Crippen molar-refractivity contribution in [1.82, 2.24) is 4.90 Å². The van der Waals surface area contributed by atoms with E-state index in [1.54, 1.807) is 48.5 Å². The number of hydrogen-bond donors (Lipinski definition) is 1. The van der Waals surface area contributed by atoms with Gasteiger partial charge in [-0.1, -0.05) is 29.8 Å². The number of fused-ring (bicyclic) bond motifs is 1. The van der Waals surface area contributed by atoms with Gasteiger partial charge in [-0.15, -0.1) is 12.4 Å². The highest BCUT2D eigenvalue weighted by Gasteiger charge is 2.34. The van der Waals surface area contributed by atoms with Gasteiger partial charge >= 0.3 is 0 Å². The van der Waals surface area contributed by atoms with E-state index in [4.69, 9.17) is 22.1 Å². The van der Waals surface area contributed by atoms with Crippen LogP contribution in [0.25, 0.3) is 0 Å². The van der Waals surface area contributed by atoms with Crippen molar-refractivity contribution in [3.63, 3.8) is 0 Å². The molecule has 0 saturated carbocycles. The molecule has 0 unspecified atom stereocenters. The number of amides is 2. The fourth-order valence-electron chi connectivity index (χ4n) is 3.80. The average molecular weight is 535 g/mol. The Labute approximate surface area is 215 Å². The number of anilines is 1. The van der Waals surface area contributed by atoms with Crippen LogP contribution in [0, 0.1) is 0 Å². The van der Waals surface area contributed by atoms with Gasteiger partial charge in [0.15, 0.2) is 9.84 Å². The predicted molar refractivity (Wildman–Crippen MR) is 137 cm³/mol. The number of nitrogens with zero attached hydrogens (tertiary/aromatic N) is 1. The van der Waals surface area contributed by atoms with Crippen LogP contribution in [0.1, 0.15) is 32.7 Å². The largest absolute Gasteiger partial charge is 0.490 e. The number of carbonyl (C=O) groups is 2. The summed E-state index contributed by atoms with van der Waals surface area (Å²) in [7, 11) is -3.39. The second-order valence-electron chi connectivity index (χ2n) is 7.90. The molecule has 2 amide bonds. The van der Waals surface area contributed by atoms with Crippen LogP contribution < -0.4 is 10.5 Å². The van der Waals surface area contributed by atoms with Gasteiger partial charge in [0.05, 0.1) is 34.0 Å². The third-order valence-electron chi connectivity index (χ3n) is 5.58. The molecule has 0 aliphatic carbocycles. The summed E-state index contributed by atoms with van der Waals surface area (Å²) < 4.78 is 30.6. The van der Waals surface area contributed by atoms with Crippen molar-refractivity contribution in [2.24, 2.45) is 0 Å². The van der Waals surface area contributed by atoms with Crippen LogP contribution in [-0.2, 0) is 16.3 Å². The minimum absolute atomic E-state index is 0. The van der Waals surface area contributed by atoms with Crippen molar-refractivity contribution in [2.45, 2.75) is 17.7 Å². The van der Waals surface area contributed by atoms with E-state index in [1.165, 1.54) is 12.1 Å². The Morgan fingerprint density at radius 2 is 1.54 bits per heavy atom. The molecule has 4 rings (SSSR count). The lowest BCUT2D eigenvalue weighted by Gasteiger charge is -2.15. The lowest BCUT2D eigenvalue weighted by molar-refractivity contribution is 0.0631. The fraction of sp³-hybridized carbons (Fsp3) is 0.200. The average Bonchev–Trinajstić information content (AvgIpc) is 3.05. The topological polar surface area (TPSA) is 107 Å². The standard InChI is InChI=1S/C25H23ClN2O5S.ClH/c26-18-8-10-19(11-9-18)34(31,32)15-3-4-17-7-12-23(22(27)16-17)33-14-13-28-24(29)20-5-1-2-6-21(20)25(28)30;/h1-2,5-12,16H,3-4,13-15,27H2;1H. The molecule has 184 valence electrons. The first-order valence-electron chi connectivity index (χ1n) is 10.7. The van der Waals surface area contributed by atoms with E-state index in [0.717, 1.165) is 10.5 Å². The van der Waals surface area contributed by atoms with Gasteiger partial charge in [-0.25, -0.2) is 8.42 Å². The van der Waals surface area contributed by atoms with E-state index < -0.39 is 9.84 Å². The molecule has 10 heteroatoms. The molecular formula is C25H24Cl2N2O5S. The van der Waals surface area contributed by atoms with E-state index in [-0.39, 0.29) is 48.0 Å². The number of benzene rings is 3. The van der Waals surface area contributed by atoms with Crippen molar-refractivity contribution >= 4 is 51.3 Å². The van der Waals surface area contributed by atoms with Crippen LogP contribution in [0.4, 0.5) is 5.69 Å². The number of imide groups is 1. The van der Waals surface area contributed by atoms with Crippen molar-refractivity contribution in [1.29, 1.82) is 0 Å². The Balaban J connectivity index is 0.00000342. The zero-order valence-corrected chi connectivity index (χ0v) is 21.0. The summed E-state index contributed by atoms with van der Waals surface area (Å²) in [6.07, 6.45) is 0.969. The SMILES string of the molecule is Cl.Nc1cc(CCCS(=O)(=O)c2ccc(Cl)cc2)ccc1OCCN1C(=O)c2ccccc2C1=O. The smallest absolute Gasteiger partial charge is 0.261 e. The van der Waals surface area contributed by atoms with Gasteiger partial charge in [0.1, 0.15) is 12.4 Å². The highest BCUT2D eigenvalue weighted by Crippen LogP contribution is 2.25. The van der Waals surface area contributed by atoms with Gasteiger partial charge in [0.2, 0.25) is 0 Å². The number of aryl methyl sites for hydroxylation is 1. The molecule has 1 aliphatic rings. The third kappa shape index (κ3) is 5.96. The molecule has 0 fully saturated rings. The number of sulfone groups is 1. The molecular weight excluding hydrogens is 511 g/mol. The first kappa shape index (κ1) is 26.5. The number of nitrogen functional groups attached to an aromatic ring is 1. The van der Waals surface area contributed by atoms with Crippen molar-refractivity contribution in [3.05, 3.63) is 88.4 Å². The highest BCUT2D eigenvalue weighted by molar-refractivity contribution is 7.91. The van der Waals surface area contributed by atoms with E-state index in [9.17, 15) is 18.0 Å². The lowest BCUT2D eigenvalue weighted by atomic mass is 10.1. The summed E-state index contributed by atoms with van der Waals surface area (Å²) in [6.45, 7) is 0.213. The second-order valence-corrected chi connectivity index (χ2v) is 10.5. The maximum atomic E-state index is 12.5. The second kappa shape index (κ2) is 11.1. The van der Waals surface area contributed by atoms with Gasteiger partial charge in [-0.05, 0) is 66.9 Å². The molecule has 3 aromatic carbocycles. The summed E-state index contributed by atoms with van der Waals surface area (Å²) in [4.78, 5) is 26.2. The van der Waals surface area contributed by atoms with Gasteiger partial charge < -0.3 is 10.5 Å². The molecule has 7 nitrogen and oxygen atoms in total. The lowest BCUT2D eigenvalue weighted by Crippen LogP contribution is -2.33. The van der Waals surface area contributed by atoms with Gasteiger partial charge in [0.25, 0.3) is 11.8 Å². The van der Waals surface area contributed by atoms with Crippen LogP contribution in [0.3, 0.4) is 0 Å². The van der Waals surface area contributed by atoms with E-state index >= 15 is 0 Å². The van der Waals surface area contributed by atoms with Crippen LogP contribution >= 0.6 is 24.0 Å². The van der Waals surface area contributed by atoms with E-state index in [0.29, 0.717) is 40.4 Å². The summed E-state index contributed by atoms with van der Waals surface area (Å²) in [5.41, 5.74) is 8.18. The minimum Gasteiger partial charge on any atom is -0.490 e. The summed E-state index contributed by atoms with van der Waals surface area (Å²) >= 11 is 5.82. The number of carbonyl (C=O) groups excluding carboxylic acids is 2. The fourth-order valence-corrected chi connectivity index (χ4v) is 5.24. The zero-order chi connectivity index (χ0) is 24.3. The van der Waals surface area contributed by atoms with Gasteiger partial charge in [-0.2, -0.15) is 0 Å². The number of halogens is 2. The number of rotatable bonds is 9. The highest BCUT2D eigenvalue weighted by atomic mass is 35.5. The summed E-state index contributed by atoms with van der Waals surface area (Å²) in [5, 5.41) is 0.487. The van der Waals surface area contributed by atoms with Gasteiger partial charge in [-0.3, -0.25) is 14.5 Å². The zero-order valence-electron chi connectivity index (χ0n) is 18.6. The monoisotopic (exact) mass is 534 g/mol. The summed E-state index contributed by atoms with van der Waals surface area (Å²) in [5.74, 6) is -0.219. The summed E-state index contributed by atoms with van der Waals surface area (Å²) in [6, 6.07) is 18.1. The Kier molecular flexibility index (Phi) is 8.43. The van der Waals surface area contributed by atoms with Crippen molar-refractivity contribution in [3.8, 4) is 5.75 Å². The number of ether oxygens (including phenoxy) is 1. The molecule has 1 aliphatic heterocycles. The Bertz CT molecular complexity index is 1310. The molecule has 0 atom stereocenters. The number of nitrogens with two attached hydrogens (primary N) is 1. The van der Waals surface area contributed by atoms with Crippen molar-refractivity contribution < 1.29 is 22.7 Å². The number of hydrogen-bond acceptors (Lipinski definition) is 6. The molecule has 0 spiro atoms. The molecule has 0 aromatic heterocycles. The maximum Gasteiger partial charge on any atom is 0.261 e. The van der Waals surface area contributed by atoms with Crippen LogP contribution in [-0.4, -0.2) is 44.0 Å². The molecule has 3 aromatic rings. The maximum absolute atomic E-state index is 12.5. The normalized spacial score (nSPS) is 12.9. The Hall–Kier alpha value is -3.07. The Morgan fingerprint density at radius 1 is 0.914 bits per heavy atom. The third-order valence-corrected chi connectivity index (χ3v) is 7.64. The molecule has 0 bridgehead atoms. The molecule has 0 saturated heterocycles. The van der Waals surface area contributed by atoms with Gasteiger partial charge in [0, 0.05) is 5.02 Å². The van der Waals surface area contributed by atoms with Crippen molar-refractivity contribution in [2.75, 3.05) is 24.6 Å². The Morgan fingerprint density at radius 3 is 2.14 bits per heavy atom. The molecule has 35 heavy (non-hydrogen) atoms. The molecule has 0 radical (unpaired) electrons. The van der Waals surface area contributed by atoms with Crippen LogP contribution in [0.15, 0.2) is 71.6 Å².